The lowest BCUT2D eigenvalue weighted by atomic mass is 9.94. The molecule has 2 nitrogen and oxygen atoms in total. The van der Waals surface area contributed by atoms with Gasteiger partial charge in [0.05, 0.1) is 6.04 Å². The van der Waals surface area contributed by atoms with Crippen LogP contribution in [0.1, 0.15) is 26.2 Å². The molecule has 0 saturated heterocycles. The first kappa shape index (κ1) is 12.2. The largest absolute Gasteiger partial charge is 0.363 e. The Hall–Kier alpha value is -1.83. The average Bonchev–Trinajstić information content (AvgIpc) is 2.48. The molecule has 19 heavy (non-hydrogen) atoms. The van der Waals surface area contributed by atoms with Crippen molar-refractivity contribution in [2.45, 2.75) is 32.2 Å². The lowest BCUT2D eigenvalue weighted by molar-refractivity contribution is 0.733. The third kappa shape index (κ3) is 2.78. The van der Waals surface area contributed by atoms with Gasteiger partial charge in [0, 0.05) is 11.6 Å². The van der Waals surface area contributed by atoms with Crippen LogP contribution in [-0.2, 0) is 0 Å². The predicted molar refractivity (Wildman–Crippen MR) is 81.0 cm³/mol. The minimum Gasteiger partial charge on any atom is -0.363 e. The zero-order valence-electron chi connectivity index (χ0n) is 11.3. The van der Waals surface area contributed by atoms with E-state index in [0.29, 0.717) is 5.92 Å². The van der Waals surface area contributed by atoms with Crippen LogP contribution in [0.2, 0.25) is 0 Å². The molecular weight excluding hydrogens is 232 g/mol. The fraction of sp³-hybridized carbons (Fsp3) is 0.353. The molecule has 1 heterocycles. The van der Waals surface area contributed by atoms with E-state index in [2.05, 4.69) is 65.8 Å². The van der Waals surface area contributed by atoms with Gasteiger partial charge in [-0.25, -0.2) is 4.99 Å². The number of allylic oxidation sites excluding steroid dienone is 6. The molecule has 2 aliphatic carbocycles. The van der Waals surface area contributed by atoms with Crippen molar-refractivity contribution >= 4 is 5.84 Å². The fourth-order valence-electron chi connectivity index (χ4n) is 2.72. The van der Waals surface area contributed by atoms with Crippen molar-refractivity contribution in [2.24, 2.45) is 10.9 Å². The van der Waals surface area contributed by atoms with Crippen LogP contribution in [0.15, 0.2) is 64.9 Å². The highest BCUT2D eigenvalue weighted by molar-refractivity contribution is 5.89. The summed E-state index contributed by atoms with van der Waals surface area (Å²) in [5.74, 6) is 1.50. The summed E-state index contributed by atoms with van der Waals surface area (Å²) in [6.45, 7) is 2.09. The first-order valence-electron chi connectivity index (χ1n) is 7.06. The maximum Gasteiger partial charge on any atom is 0.110 e. The van der Waals surface area contributed by atoms with Crippen LogP contribution in [-0.4, -0.2) is 11.9 Å². The molecule has 2 unspecified atom stereocenters. The summed E-state index contributed by atoms with van der Waals surface area (Å²) in [5, 5.41) is 3.59. The summed E-state index contributed by atoms with van der Waals surface area (Å²) in [6.07, 6.45) is 21.0. The molecule has 0 saturated carbocycles. The smallest absolute Gasteiger partial charge is 0.110 e. The molecule has 1 aliphatic heterocycles. The van der Waals surface area contributed by atoms with E-state index in [1.165, 1.54) is 5.57 Å². The van der Waals surface area contributed by atoms with E-state index in [9.17, 15) is 0 Å². The van der Waals surface area contributed by atoms with Crippen molar-refractivity contribution in [2.75, 3.05) is 0 Å². The molecule has 98 valence electrons. The van der Waals surface area contributed by atoms with Crippen molar-refractivity contribution in [1.82, 2.24) is 5.32 Å². The van der Waals surface area contributed by atoms with Gasteiger partial charge in [-0.3, -0.25) is 0 Å². The van der Waals surface area contributed by atoms with Gasteiger partial charge >= 0.3 is 0 Å². The molecule has 2 atom stereocenters. The molecule has 0 spiro atoms. The van der Waals surface area contributed by atoms with E-state index >= 15 is 0 Å². The highest BCUT2D eigenvalue weighted by Gasteiger charge is 2.21. The standard InChI is InChI=1S/C17H20N2/c1-13-12-16(14-8-4-2-5-9-14)19-17(18-13)15-10-6-3-7-11-15/h3-4,6-10,12,15-16H,2,5,11H2,1H3,(H,18,19). The van der Waals surface area contributed by atoms with Gasteiger partial charge in [-0.2, -0.15) is 0 Å². The van der Waals surface area contributed by atoms with Gasteiger partial charge in [-0.1, -0.05) is 42.5 Å². The third-order valence-electron chi connectivity index (χ3n) is 3.72. The Bertz CT molecular complexity index is 529. The molecule has 2 heteroatoms. The van der Waals surface area contributed by atoms with Gasteiger partial charge in [-0.05, 0) is 37.8 Å². The number of nitrogens with one attached hydrogen (secondary N) is 1. The van der Waals surface area contributed by atoms with E-state index in [1.54, 1.807) is 0 Å². The Morgan fingerprint density at radius 3 is 2.89 bits per heavy atom. The lowest BCUT2D eigenvalue weighted by Crippen LogP contribution is -2.41. The molecule has 3 rings (SSSR count). The topological polar surface area (TPSA) is 24.4 Å². The SMILES string of the molecule is CC1=CC(C2=CCCC=C2)NC(C2C=CC=CC2)=N1. The van der Waals surface area contributed by atoms with Crippen LogP contribution in [0.25, 0.3) is 0 Å². The second-order valence-electron chi connectivity index (χ2n) is 5.27. The number of nitrogens with zero attached hydrogens (tertiary/aromatic N) is 1. The normalized spacial score (nSPS) is 29.4. The van der Waals surface area contributed by atoms with Gasteiger partial charge in [0.1, 0.15) is 5.84 Å². The molecule has 0 aromatic heterocycles. The molecule has 0 amide bonds. The van der Waals surface area contributed by atoms with Crippen molar-refractivity contribution in [3.05, 3.63) is 59.9 Å². The van der Waals surface area contributed by atoms with Gasteiger partial charge in [0.15, 0.2) is 0 Å². The highest BCUT2D eigenvalue weighted by Crippen LogP contribution is 2.22. The summed E-state index contributed by atoms with van der Waals surface area (Å²) < 4.78 is 0. The van der Waals surface area contributed by atoms with E-state index in [-0.39, 0.29) is 6.04 Å². The van der Waals surface area contributed by atoms with Gasteiger partial charge < -0.3 is 5.32 Å². The van der Waals surface area contributed by atoms with E-state index in [0.717, 1.165) is 30.8 Å². The Morgan fingerprint density at radius 1 is 1.21 bits per heavy atom. The molecule has 0 aromatic carbocycles. The highest BCUT2D eigenvalue weighted by atomic mass is 15.1. The summed E-state index contributed by atoms with van der Waals surface area (Å²) in [5.41, 5.74) is 2.48. The molecule has 0 aromatic rings. The third-order valence-corrected chi connectivity index (χ3v) is 3.72. The van der Waals surface area contributed by atoms with Crippen LogP contribution >= 0.6 is 0 Å². The first-order chi connectivity index (χ1) is 9.33. The van der Waals surface area contributed by atoms with Crippen molar-refractivity contribution in [3.8, 4) is 0 Å². The Labute approximate surface area is 115 Å². The number of hydrogen-bond acceptors (Lipinski definition) is 2. The molecular formula is C17H20N2. The minimum atomic E-state index is 0.281. The zero-order valence-corrected chi connectivity index (χ0v) is 11.3. The first-order valence-corrected chi connectivity index (χ1v) is 7.06. The van der Waals surface area contributed by atoms with Crippen molar-refractivity contribution in [3.63, 3.8) is 0 Å². The van der Waals surface area contributed by atoms with E-state index in [4.69, 9.17) is 0 Å². The Kier molecular flexibility index (Phi) is 3.49. The predicted octanol–water partition coefficient (Wildman–Crippen LogP) is 3.67. The monoisotopic (exact) mass is 252 g/mol. The minimum absolute atomic E-state index is 0.281. The number of hydrogen-bond donors (Lipinski definition) is 1. The van der Waals surface area contributed by atoms with Crippen molar-refractivity contribution < 1.29 is 0 Å². The summed E-state index contributed by atoms with van der Waals surface area (Å²) in [6, 6.07) is 0.281. The maximum absolute atomic E-state index is 4.68. The fourth-order valence-corrected chi connectivity index (χ4v) is 2.72. The van der Waals surface area contributed by atoms with Crippen LogP contribution < -0.4 is 5.32 Å². The van der Waals surface area contributed by atoms with Crippen LogP contribution in [0, 0.1) is 5.92 Å². The number of amidine groups is 1. The Morgan fingerprint density at radius 2 is 2.16 bits per heavy atom. The molecule has 0 radical (unpaired) electrons. The van der Waals surface area contributed by atoms with Crippen molar-refractivity contribution in [1.29, 1.82) is 0 Å². The zero-order chi connectivity index (χ0) is 13.1. The molecule has 1 N–H and O–H groups in total. The second kappa shape index (κ2) is 5.43. The summed E-state index contributed by atoms with van der Waals surface area (Å²) >= 11 is 0. The number of aliphatic imine (C=N–C) groups is 1. The second-order valence-corrected chi connectivity index (χ2v) is 5.27. The lowest BCUT2D eigenvalue weighted by Gasteiger charge is -2.28. The maximum atomic E-state index is 4.68. The van der Waals surface area contributed by atoms with Gasteiger partial charge in [0.25, 0.3) is 0 Å². The van der Waals surface area contributed by atoms with E-state index in [1.807, 2.05) is 0 Å². The molecule has 0 fully saturated rings. The van der Waals surface area contributed by atoms with Gasteiger partial charge in [0.2, 0.25) is 0 Å². The molecule has 0 bridgehead atoms. The Balaban J connectivity index is 1.79. The van der Waals surface area contributed by atoms with Crippen LogP contribution in [0.5, 0.6) is 0 Å². The van der Waals surface area contributed by atoms with Crippen LogP contribution in [0.3, 0.4) is 0 Å². The van der Waals surface area contributed by atoms with Gasteiger partial charge in [-0.15, -0.1) is 0 Å². The summed E-state index contributed by atoms with van der Waals surface area (Å²) in [7, 11) is 0. The van der Waals surface area contributed by atoms with E-state index < -0.39 is 0 Å². The molecule has 3 aliphatic rings. The quantitative estimate of drug-likeness (QED) is 0.796. The average molecular weight is 252 g/mol. The summed E-state index contributed by atoms with van der Waals surface area (Å²) in [4.78, 5) is 4.68. The van der Waals surface area contributed by atoms with Crippen LogP contribution in [0.4, 0.5) is 0 Å². The number of rotatable bonds is 2.